The highest BCUT2D eigenvalue weighted by Gasteiger charge is 2.34. The molecule has 0 saturated carbocycles. The Labute approximate surface area is 114 Å². The van der Waals surface area contributed by atoms with E-state index in [1.54, 1.807) is 0 Å². The molecule has 2 rings (SSSR count). The van der Waals surface area contributed by atoms with Gasteiger partial charge in [0.1, 0.15) is 0 Å². The van der Waals surface area contributed by atoms with E-state index in [4.69, 9.17) is 5.73 Å². The molecule has 3 N–H and O–H groups in total. The Kier molecular flexibility index (Phi) is 4.17. The topological polar surface area (TPSA) is 58.4 Å². The lowest BCUT2D eigenvalue weighted by Crippen LogP contribution is -2.44. The van der Waals surface area contributed by atoms with Crippen LogP contribution in [0.25, 0.3) is 0 Å². The number of hydrogen-bond acceptors (Lipinski definition) is 2. The van der Waals surface area contributed by atoms with E-state index in [9.17, 15) is 18.0 Å². The lowest BCUT2D eigenvalue weighted by atomic mass is 10.1. The molecule has 7 heteroatoms. The summed E-state index contributed by atoms with van der Waals surface area (Å²) in [6.45, 7) is 0.919. The third-order valence-corrected chi connectivity index (χ3v) is 3.30. The zero-order valence-electron chi connectivity index (χ0n) is 10.8. The smallest absolute Gasteiger partial charge is 0.328 e. The van der Waals surface area contributed by atoms with E-state index in [1.807, 2.05) is 0 Å². The fourth-order valence-electron chi connectivity index (χ4n) is 2.14. The van der Waals surface area contributed by atoms with Gasteiger partial charge in [0.05, 0.1) is 11.3 Å². The van der Waals surface area contributed by atoms with Crippen molar-refractivity contribution in [1.29, 1.82) is 0 Å². The van der Waals surface area contributed by atoms with Crippen molar-refractivity contribution in [3.63, 3.8) is 0 Å². The number of carbonyl (C=O) groups excluding carboxylic acids is 1. The molecule has 1 fully saturated rings. The number of nitrogens with two attached hydrogens (primary N) is 1. The van der Waals surface area contributed by atoms with Gasteiger partial charge >= 0.3 is 12.2 Å². The quantitative estimate of drug-likeness (QED) is 0.834. The first-order valence-electron chi connectivity index (χ1n) is 6.35. The van der Waals surface area contributed by atoms with Crippen LogP contribution in [0.2, 0.25) is 0 Å². The van der Waals surface area contributed by atoms with Gasteiger partial charge in [-0.05, 0) is 25.0 Å². The summed E-state index contributed by atoms with van der Waals surface area (Å²) in [5.74, 6) is 0. The summed E-state index contributed by atoms with van der Waals surface area (Å²) < 4.78 is 38.4. The van der Waals surface area contributed by atoms with E-state index in [0.29, 0.717) is 25.9 Å². The van der Waals surface area contributed by atoms with Crippen molar-refractivity contribution in [2.45, 2.75) is 25.1 Å². The minimum Gasteiger partial charge on any atom is -0.328 e. The molecule has 0 aliphatic carbocycles. The Morgan fingerprint density at radius 3 is 2.45 bits per heavy atom. The van der Waals surface area contributed by atoms with Crippen molar-refractivity contribution in [3.05, 3.63) is 29.8 Å². The molecule has 1 aromatic rings. The fourth-order valence-corrected chi connectivity index (χ4v) is 2.14. The average Bonchev–Trinajstić information content (AvgIpc) is 2.38. The fraction of sp³-hybridized carbons (Fsp3) is 0.462. The predicted octanol–water partition coefficient (Wildman–Crippen LogP) is 2.66. The Bertz CT molecular complexity index is 482. The molecule has 0 spiro atoms. The van der Waals surface area contributed by atoms with Gasteiger partial charge in [-0.3, -0.25) is 0 Å². The van der Waals surface area contributed by atoms with Gasteiger partial charge in [-0.1, -0.05) is 12.1 Å². The number of anilines is 1. The number of likely N-dealkylation sites (tertiary alicyclic amines) is 1. The molecule has 4 nitrogen and oxygen atoms in total. The molecule has 0 atom stereocenters. The zero-order valence-corrected chi connectivity index (χ0v) is 10.8. The summed E-state index contributed by atoms with van der Waals surface area (Å²) in [5, 5.41) is 2.33. The van der Waals surface area contributed by atoms with Crippen LogP contribution in [0.1, 0.15) is 18.4 Å². The minimum absolute atomic E-state index is 0.0570. The zero-order chi connectivity index (χ0) is 14.8. The molecule has 1 aliphatic rings. The Balaban J connectivity index is 2.08. The van der Waals surface area contributed by atoms with Crippen molar-refractivity contribution < 1.29 is 18.0 Å². The van der Waals surface area contributed by atoms with Crippen molar-refractivity contribution in [1.82, 2.24) is 4.90 Å². The molecule has 1 aliphatic heterocycles. The van der Waals surface area contributed by atoms with E-state index in [0.717, 1.165) is 6.07 Å². The van der Waals surface area contributed by atoms with Crippen molar-refractivity contribution in [2.24, 2.45) is 5.73 Å². The van der Waals surface area contributed by atoms with Gasteiger partial charge in [-0.2, -0.15) is 13.2 Å². The number of hydrogen-bond donors (Lipinski definition) is 2. The minimum atomic E-state index is -4.49. The number of carbonyl (C=O) groups is 1. The van der Waals surface area contributed by atoms with Gasteiger partial charge < -0.3 is 16.0 Å². The Morgan fingerprint density at radius 2 is 1.85 bits per heavy atom. The van der Waals surface area contributed by atoms with E-state index in [2.05, 4.69) is 5.32 Å². The first kappa shape index (κ1) is 14.6. The molecular formula is C13H16F3N3O. The first-order chi connectivity index (χ1) is 9.38. The molecule has 1 heterocycles. The number of amides is 2. The van der Waals surface area contributed by atoms with Crippen molar-refractivity contribution >= 4 is 11.7 Å². The normalized spacial score (nSPS) is 17.1. The number of piperidine rings is 1. The van der Waals surface area contributed by atoms with Crippen molar-refractivity contribution in [2.75, 3.05) is 18.4 Å². The summed E-state index contributed by atoms with van der Waals surface area (Å²) in [5.41, 5.74) is 4.66. The average molecular weight is 287 g/mol. The molecule has 0 aromatic heterocycles. The van der Waals surface area contributed by atoms with Crippen LogP contribution in [-0.4, -0.2) is 30.1 Å². The van der Waals surface area contributed by atoms with Gasteiger partial charge in [0.15, 0.2) is 0 Å². The van der Waals surface area contributed by atoms with Crippen molar-refractivity contribution in [3.8, 4) is 0 Å². The number of nitrogens with zero attached hydrogens (tertiary/aromatic N) is 1. The molecule has 1 aromatic carbocycles. The van der Waals surface area contributed by atoms with Gasteiger partial charge in [-0.15, -0.1) is 0 Å². The number of rotatable bonds is 1. The maximum Gasteiger partial charge on any atom is 0.418 e. The summed E-state index contributed by atoms with van der Waals surface area (Å²) in [7, 11) is 0. The van der Waals surface area contributed by atoms with E-state index < -0.39 is 17.8 Å². The lowest BCUT2D eigenvalue weighted by molar-refractivity contribution is -0.136. The third kappa shape index (κ3) is 3.41. The molecule has 1 saturated heterocycles. The van der Waals surface area contributed by atoms with Gasteiger partial charge in [0.25, 0.3) is 0 Å². The maximum absolute atomic E-state index is 12.8. The number of urea groups is 1. The first-order valence-corrected chi connectivity index (χ1v) is 6.35. The molecule has 2 amide bonds. The summed E-state index contributed by atoms with van der Waals surface area (Å²) in [4.78, 5) is 13.4. The molecule has 0 bridgehead atoms. The number of halogens is 3. The summed E-state index contributed by atoms with van der Waals surface area (Å²) in [6.07, 6.45) is -3.17. The Morgan fingerprint density at radius 1 is 1.25 bits per heavy atom. The molecule has 0 radical (unpaired) electrons. The van der Waals surface area contributed by atoms with Gasteiger partial charge in [0, 0.05) is 19.1 Å². The largest absolute Gasteiger partial charge is 0.418 e. The SMILES string of the molecule is NC1CCN(C(=O)Nc2ccccc2C(F)(F)F)CC1. The molecular weight excluding hydrogens is 271 g/mol. The van der Waals surface area contributed by atoms with Crippen LogP contribution in [0, 0.1) is 0 Å². The van der Waals surface area contributed by atoms with Gasteiger partial charge in [-0.25, -0.2) is 4.79 Å². The number of para-hydroxylation sites is 1. The second-order valence-electron chi connectivity index (χ2n) is 4.80. The van der Waals surface area contributed by atoms with Crippen LogP contribution in [0.5, 0.6) is 0 Å². The van der Waals surface area contributed by atoms with Crippen LogP contribution >= 0.6 is 0 Å². The maximum atomic E-state index is 12.8. The molecule has 0 unspecified atom stereocenters. The van der Waals surface area contributed by atoms with E-state index in [-0.39, 0.29) is 11.7 Å². The number of alkyl halides is 3. The van der Waals surface area contributed by atoms with Crippen LogP contribution in [-0.2, 0) is 6.18 Å². The van der Waals surface area contributed by atoms with E-state index in [1.165, 1.54) is 23.1 Å². The summed E-state index contributed by atoms with van der Waals surface area (Å²) in [6, 6.07) is 4.48. The number of benzene rings is 1. The summed E-state index contributed by atoms with van der Waals surface area (Å²) >= 11 is 0. The van der Waals surface area contributed by atoms with E-state index >= 15 is 0 Å². The highest BCUT2D eigenvalue weighted by atomic mass is 19.4. The monoisotopic (exact) mass is 287 g/mol. The van der Waals surface area contributed by atoms with Crippen LogP contribution in [0.3, 0.4) is 0 Å². The second-order valence-corrected chi connectivity index (χ2v) is 4.80. The second kappa shape index (κ2) is 5.70. The third-order valence-electron chi connectivity index (χ3n) is 3.30. The lowest BCUT2D eigenvalue weighted by Gasteiger charge is -2.30. The standard InChI is InChI=1S/C13H16F3N3O/c14-13(15,16)10-3-1-2-4-11(10)18-12(20)19-7-5-9(17)6-8-19/h1-4,9H,5-8,17H2,(H,18,20). The Hall–Kier alpha value is -1.76. The van der Waals surface area contributed by atoms with Crippen LogP contribution in [0.15, 0.2) is 24.3 Å². The van der Waals surface area contributed by atoms with Crippen LogP contribution < -0.4 is 11.1 Å². The molecule has 110 valence electrons. The predicted molar refractivity (Wildman–Crippen MR) is 69.2 cm³/mol. The van der Waals surface area contributed by atoms with Crippen LogP contribution in [0.4, 0.5) is 23.7 Å². The number of nitrogens with one attached hydrogen (secondary N) is 1. The van der Waals surface area contributed by atoms with Gasteiger partial charge in [0.2, 0.25) is 0 Å². The molecule has 20 heavy (non-hydrogen) atoms. The highest BCUT2D eigenvalue weighted by Crippen LogP contribution is 2.34. The highest BCUT2D eigenvalue weighted by molar-refractivity contribution is 5.90.